The summed E-state index contributed by atoms with van der Waals surface area (Å²) < 4.78 is 0. The maximum Gasteiger partial charge on any atom is 0.234 e. The predicted octanol–water partition coefficient (Wildman–Crippen LogP) is 0.977. The molecule has 1 aliphatic heterocycles. The highest BCUT2D eigenvalue weighted by Gasteiger charge is 2.25. The van der Waals surface area contributed by atoms with Gasteiger partial charge in [0, 0.05) is 25.7 Å². The number of hydrogen-bond acceptors (Lipinski definition) is 3. The maximum atomic E-state index is 11.8. The molecule has 108 valence electrons. The molecule has 2 aliphatic carbocycles. The molecule has 0 aromatic rings. The minimum absolute atomic E-state index is 0.219. The van der Waals surface area contributed by atoms with Crippen molar-refractivity contribution in [1.29, 1.82) is 0 Å². The van der Waals surface area contributed by atoms with Gasteiger partial charge in [-0.2, -0.15) is 0 Å². The molecule has 2 saturated carbocycles. The molecule has 0 bridgehead atoms. The van der Waals surface area contributed by atoms with Gasteiger partial charge in [0.15, 0.2) is 0 Å². The third-order valence-electron chi connectivity index (χ3n) is 4.63. The largest absolute Gasteiger partial charge is 0.355 e. The molecule has 4 nitrogen and oxygen atoms in total. The molecule has 1 amide bonds. The molecule has 0 aromatic carbocycles. The average Bonchev–Trinajstić information content (AvgIpc) is 3.28. The normalized spacial score (nSPS) is 25.5. The molecule has 0 unspecified atom stereocenters. The number of amides is 1. The summed E-state index contributed by atoms with van der Waals surface area (Å²) in [5.74, 6) is 1.96. The molecule has 3 rings (SSSR count). The van der Waals surface area contributed by atoms with E-state index in [2.05, 4.69) is 15.5 Å². The van der Waals surface area contributed by atoms with Gasteiger partial charge in [-0.25, -0.2) is 0 Å². The predicted molar refractivity (Wildman–Crippen MR) is 75.9 cm³/mol. The minimum Gasteiger partial charge on any atom is -0.355 e. The summed E-state index contributed by atoms with van der Waals surface area (Å²) in [5.41, 5.74) is 0. The fourth-order valence-electron chi connectivity index (χ4n) is 2.79. The van der Waals surface area contributed by atoms with E-state index in [1.807, 2.05) is 0 Å². The summed E-state index contributed by atoms with van der Waals surface area (Å²) in [6, 6.07) is 0.686. The first-order valence-corrected chi connectivity index (χ1v) is 8.02. The van der Waals surface area contributed by atoms with Crippen LogP contribution in [0, 0.1) is 11.8 Å². The van der Waals surface area contributed by atoms with Gasteiger partial charge in [0.25, 0.3) is 0 Å². The molecule has 3 aliphatic rings. The van der Waals surface area contributed by atoms with E-state index < -0.39 is 0 Å². The monoisotopic (exact) mass is 265 g/mol. The van der Waals surface area contributed by atoms with Crippen LogP contribution in [0.2, 0.25) is 0 Å². The van der Waals surface area contributed by atoms with Crippen molar-refractivity contribution in [2.24, 2.45) is 11.8 Å². The molecule has 3 fully saturated rings. The Bertz CT molecular complexity index is 305. The summed E-state index contributed by atoms with van der Waals surface area (Å²) in [7, 11) is 0. The second kappa shape index (κ2) is 6.23. The van der Waals surface area contributed by atoms with Crippen LogP contribution in [0.3, 0.4) is 0 Å². The van der Waals surface area contributed by atoms with E-state index in [9.17, 15) is 4.79 Å². The van der Waals surface area contributed by atoms with Crippen LogP contribution in [-0.2, 0) is 4.79 Å². The SMILES string of the molecule is O=C(CN1CCC(NCC2CC2)CC1)NCC1CC1. The molecule has 1 heterocycles. The smallest absolute Gasteiger partial charge is 0.234 e. The van der Waals surface area contributed by atoms with Gasteiger partial charge in [-0.15, -0.1) is 0 Å². The van der Waals surface area contributed by atoms with Crippen molar-refractivity contribution < 1.29 is 4.79 Å². The number of carbonyl (C=O) groups excluding carboxylic acids is 1. The van der Waals surface area contributed by atoms with E-state index in [0.717, 1.165) is 31.5 Å². The van der Waals surface area contributed by atoms with E-state index in [-0.39, 0.29) is 5.91 Å². The van der Waals surface area contributed by atoms with Crippen molar-refractivity contribution in [3.63, 3.8) is 0 Å². The quantitative estimate of drug-likeness (QED) is 0.721. The van der Waals surface area contributed by atoms with Gasteiger partial charge in [0.05, 0.1) is 6.54 Å². The number of nitrogens with one attached hydrogen (secondary N) is 2. The van der Waals surface area contributed by atoms with E-state index in [0.29, 0.717) is 12.6 Å². The Morgan fingerprint density at radius 3 is 2.21 bits per heavy atom. The van der Waals surface area contributed by atoms with Crippen LogP contribution in [0.5, 0.6) is 0 Å². The molecule has 4 heteroatoms. The Kier molecular flexibility index (Phi) is 4.38. The number of carbonyl (C=O) groups is 1. The highest BCUT2D eigenvalue weighted by molar-refractivity contribution is 5.78. The van der Waals surface area contributed by atoms with Crippen molar-refractivity contribution in [1.82, 2.24) is 15.5 Å². The van der Waals surface area contributed by atoms with Crippen molar-refractivity contribution in [3.8, 4) is 0 Å². The molecule has 0 spiro atoms. The zero-order chi connectivity index (χ0) is 13.1. The van der Waals surface area contributed by atoms with Gasteiger partial charge in [-0.1, -0.05) is 0 Å². The Morgan fingerprint density at radius 2 is 1.58 bits per heavy atom. The Hall–Kier alpha value is -0.610. The Morgan fingerprint density at radius 1 is 0.947 bits per heavy atom. The first-order chi connectivity index (χ1) is 9.29. The molecule has 0 radical (unpaired) electrons. The van der Waals surface area contributed by atoms with Gasteiger partial charge in [-0.3, -0.25) is 9.69 Å². The van der Waals surface area contributed by atoms with Gasteiger partial charge < -0.3 is 10.6 Å². The van der Waals surface area contributed by atoms with Gasteiger partial charge >= 0.3 is 0 Å². The number of rotatable bonds is 7. The first-order valence-electron chi connectivity index (χ1n) is 8.02. The molecule has 19 heavy (non-hydrogen) atoms. The molecule has 0 aromatic heterocycles. The molecule has 2 N–H and O–H groups in total. The zero-order valence-electron chi connectivity index (χ0n) is 11.9. The molecule has 1 saturated heterocycles. The lowest BCUT2D eigenvalue weighted by Crippen LogP contribution is -2.46. The Balaban J connectivity index is 1.27. The van der Waals surface area contributed by atoms with E-state index in [4.69, 9.17) is 0 Å². The van der Waals surface area contributed by atoms with Crippen LogP contribution < -0.4 is 10.6 Å². The summed E-state index contributed by atoms with van der Waals surface area (Å²) in [5, 5.41) is 6.73. The third kappa shape index (κ3) is 4.77. The van der Waals surface area contributed by atoms with E-state index in [1.54, 1.807) is 0 Å². The van der Waals surface area contributed by atoms with Crippen LogP contribution in [0.1, 0.15) is 38.5 Å². The lowest BCUT2D eigenvalue weighted by atomic mass is 10.0. The highest BCUT2D eigenvalue weighted by Crippen LogP contribution is 2.28. The Labute approximate surface area is 116 Å². The second-order valence-corrected chi connectivity index (χ2v) is 6.65. The van der Waals surface area contributed by atoms with E-state index >= 15 is 0 Å². The lowest BCUT2D eigenvalue weighted by Gasteiger charge is -2.32. The van der Waals surface area contributed by atoms with Crippen molar-refractivity contribution in [2.75, 3.05) is 32.7 Å². The van der Waals surface area contributed by atoms with Crippen LogP contribution in [0.25, 0.3) is 0 Å². The average molecular weight is 265 g/mol. The lowest BCUT2D eigenvalue weighted by molar-refractivity contribution is -0.122. The minimum atomic E-state index is 0.219. The topological polar surface area (TPSA) is 44.4 Å². The van der Waals surface area contributed by atoms with Crippen LogP contribution in [0.4, 0.5) is 0 Å². The van der Waals surface area contributed by atoms with Crippen molar-refractivity contribution in [2.45, 2.75) is 44.6 Å². The van der Waals surface area contributed by atoms with Gasteiger partial charge in [-0.05, 0) is 56.9 Å². The third-order valence-corrected chi connectivity index (χ3v) is 4.63. The number of piperidine rings is 1. The summed E-state index contributed by atoms with van der Waals surface area (Å²) in [4.78, 5) is 14.1. The fourth-order valence-corrected chi connectivity index (χ4v) is 2.79. The number of likely N-dealkylation sites (tertiary alicyclic amines) is 1. The summed E-state index contributed by atoms with van der Waals surface area (Å²) >= 11 is 0. The van der Waals surface area contributed by atoms with Crippen LogP contribution in [0.15, 0.2) is 0 Å². The van der Waals surface area contributed by atoms with Crippen LogP contribution in [-0.4, -0.2) is 49.6 Å². The number of nitrogens with zero attached hydrogens (tertiary/aromatic N) is 1. The van der Waals surface area contributed by atoms with Gasteiger partial charge in [0.2, 0.25) is 5.91 Å². The summed E-state index contributed by atoms with van der Waals surface area (Å²) in [6.45, 7) is 4.85. The maximum absolute atomic E-state index is 11.8. The zero-order valence-corrected chi connectivity index (χ0v) is 11.9. The second-order valence-electron chi connectivity index (χ2n) is 6.65. The fraction of sp³-hybridized carbons (Fsp3) is 0.933. The summed E-state index contributed by atoms with van der Waals surface area (Å²) in [6.07, 6.45) is 7.85. The van der Waals surface area contributed by atoms with E-state index in [1.165, 1.54) is 45.1 Å². The standard InChI is InChI=1S/C15H27N3O/c19-15(17-10-13-3-4-13)11-18-7-5-14(6-8-18)16-9-12-1-2-12/h12-14,16H,1-11H2,(H,17,19). The first kappa shape index (κ1) is 13.4. The highest BCUT2D eigenvalue weighted by atomic mass is 16.2. The van der Waals surface area contributed by atoms with Crippen LogP contribution >= 0.6 is 0 Å². The molecular formula is C15H27N3O. The van der Waals surface area contributed by atoms with Crippen molar-refractivity contribution in [3.05, 3.63) is 0 Å². The molecular weight excluding hydrogens is 238 g/mol. The number of hydrogen-bond donors (Lipinski definition) is 2. The molecule has 0 atom stereocenters. The van der Waals surface area contributed by atoms with Crippen molar-refractivity contribution >= 4 is 5.91 Å². The van der Waals surface area contributed by atoms with Gasteiger partial charge in [0.1, 0.15) is 0 Å².